The van der Waals surface area contributed by atoms with Crippen molar-refractivity contribution in [3.63, 3.8) is 0 Å². The van der Waals surface area contributed by atoms with Crippen LogP contribution in [0.4, 0.5) is 0 Å². The minimum atomic E-state index is 0.00368. The second kappa shape index (κ2) is 7.26. The van der Waals surface area contributed by atoms with Gasteiger partial charge in [-0.05, 0) is 31.0 Å². The Balaban J connectivity index is 1.29. The van der Waals surface area contributed by atoms with Crippen LogP contribution in [0.25, 0.3) is 11.2 Å². The van der Waals surface area contributed by atoms with E-state index in [1.807, 2.05) is 47.6 Å². The molecule has 2 fully saturated rings. The van der Waals surface area contributed by atoms with E-state index in [0.29, 0.717) is 24.7 Å². The monoisotopic (exact) mass is 376 g/mol. The number of hydrogen-bond acceptors (Lipinski definition) is 4. The number of aromatic nitrogens is 3. The van der Waals surface area contributed by atoms with Gasteiger partial charge in [-0.1, -0.05) is 31.0 Å². The lowest BCUT2D eigenvalue weighted by Crippen LogP contribution is -2.31. The fourth-order valence-electron chi connectivity index (χ4n) is 4.37. The lowest BCUT2D eigenvalue weighted by Gasteiger charge is -2.17. The summed E-state index contributed by atoms with van der Waals surface area (Å²) in [6, 6.07) is 12.1. The van der Waals surface area contributed by atoms with Crippen molar-refractivity contribution in [1.82, 2.24) is 19.4 Å². The minimum Gasteiger partial charge on any atom is -0.489 e. The van der Waals surface area contributed by atoms with Crippen molar-refractivity contribution in [3.8, 4) is 5.75 Å². The number of fused-ring (bicyclic) bond motifs is 1. The molecule has 3 aromatic rings. The van der Waals surface area contributed by atoms with Gasteiger partial charge in [0, 0.05) is 25.2 Å². The number of amides is 1. The highest BCUT2D eigenvalue weighted by atomic mass is 16.5. The van der Waals surface area contributed by atoms with Gasteiger partial charge in [0.15, 0.2) is 5.65 Å². The summed E-state index contributed by atoms with van der Waals surface area (Å²) in [4.78, 5) is 23.9. The van der Waals surface area contributed by atoms with Gasteiger partial charge in [0.2, 0.25) is 0 Å². The Morgan fingerprint density at radius 3 is 2.71 bits per heavy atom. The Morgan fingerprint density at radius 2 is 1.89 bits per heavy atom. The van der Waals surface area contributed by atoms with E-state index in [9.17, 15) is 4.79 Å². The van der Waals surface area contributed by atoms with Crippen molar-refractivity contribution in [2.45, 2.75) is 44.2 Å². The molecule has 2 aromatic heterocycles. The number of benzene rings is 1. The fourth-order valence-corrected chi connectivity index (χ4v) is 4.37. The molecule has 1 saturated carbocycles. The summed E-state index contributed by atoms with van der Waals surface area (Å²) in [6.07, 6.45) is 9.35. The number of imidazole rings is 1. The van der Waals surface area contributed by atoms with Gasteiger partial charge in [0.25, 0.3) is 5.91 Å². The Hall–Kier alpha value is -2.89. The number of carbonyl (C=O) groups is 1. The smallest absolute Gasteiger partial charge is 0.255 e. The van der Waals surface area contributed by atoms with Gasteiger partial charge < -0.3 is 14.2 Å². The van der Waals surface area contributed by atoms with Crippen LogP contribution < -0.4 is 4.74 Å². The van der Waals surface area contributed by atoms with Gasteiger partial charge in [-0.3, -0.25) is 4.79 Å². The molecule has 0 N–H and O–H groups in total. The number of ether oxygens (including phenoxy) is 1. The Kier molecular flexibility index (Phi) is 4.47. The average molecular weight is 376 g/mol. The van der Waals surface area contributed by atoms with Crippen LogP contribution in [0, 0.1) is 0 Å². The second-order valence-corrected chi connectivity index (χ2v) is 7.75. The van der Waals surface area contributed by atoms with E-state index in [-0.39, 0.29) is 12.0 Å². The van der Waals surface area contributed by atoms with Crippen molar-refractivity contribution in [2.24, 2.45) is 0 Å². The predicted molar refractivity (Wildman–Crippen MR) is 106 cm³/mol. The van der Waals surface area contributed by atoms with Gasteiger partial charge in [-0.15, -0.1) is 0 Å². The van der Waals surface area contributed by atoms with Crippen molar-refractivity contribution >= 4 is 17.1 Å². The normalized spacial score (nSPS) is 20.1. The molecule has 0 radical (unpaired) electrons. The molecule has 1 aliphatic heterocycles. The molecule has 28 heavy (non-hydrogen) atoms. The zero-order valence-corrected chi connectivity index (χ0v) is 15.8. The molecular weight excluding hydrogens is 352 g/mol. The summed E-state index contributed by atoms with van der Waals surface area (Å²) in [5.74, 6) is 0.853. The average Bonchev–Trinajstić information content (AvgIpc) is 3.48. The van der Waals surface area contributed by atoms with Gasteiger partial charge in [-0.2, -0.15) is 0 Å². The molecule has 1 aliphatic carbocycles. The molecule has 1 atom stereocenters. The maximum atomic E-state index is 12.9. The van der Waals surface area contributed by atoms with Crippen molar-refractivity contribution in [2.75, 3.05) is 13.1 Å². The number of para-hydroxylation sites is 1. The molecule has 0 spiro atoms. The van der Waals surface area contributed by atoms with Gasteiger partial charge >= 0.3 is 0 Å². The van der Waals surface area contributed by atoms with E-state index in [0.717, 1.165) is 23.3 Å². The van der Waals surface area contributed by atoms with Crippen LogP contribution in [0.1, 0.15) is 48.5 Å². The van der Waals surface area contributed by atoms with Gasteiger partial charge in [0.05, 0.1) is 18.4 Å². The molecule has 0 unspecified atom stereocenters. The summed E-state index contributed by atoms with van der Waals surface area (Å²) in [5.41, 5.74) is 2.29. The lowest BCUT2D eigenvalue weighted by atomic mass is 10.2. The standard InChI is InChI=1S/C22H24N4O2/c27-22(25-11-10-19(14-25)28-18-8-2-1-3-9-18)16-12-20-21(23-13-16)26(15-24-20)17-6-4-5-7-17/h1-3,8-9,12-13,15,17,19H,4-7,10-11,14H2/t19-/m1/s1. The molecule has 1 amide bonds. The third-order valence-electron chi connectivity index (χ3n) is 5.86. The largest absolute Gasteiger partial charge is 0.489 e. The third kappa shape index (κ3) is 3.23. The van der Waals surface area contributed by atoms with Crippen LogP contribution in [-0.2, 0) is 0 Å². The molecule has 1 saturated heterocycles. The van der Waals surface area contributed by atoms with Crippen LogP contribution in [-0.4, -0.2) is 44.5 Å². The van der Waals surface area contributed by atoms with Crippen molar-refractivity contribution < 1.29 is 9.53 Å². The molecule has 5 rings (SSSR count). The number of hydrogen-bond donors (Lipinski definition) is 0. The first-order valence-electron chi connectivity index (χ1n) is 10.1. The number of rotatable bonds is 4. The molecule has 1 aromatic carbocycles. The molecule has 2 aliphatic rings. The first-order chi connectivity index (χ1) is 13.8. The van der Waals surface area contributed by atoms with E-state index < -0.39 is 0 Å². The summed E-state index contributed by atoms with van der Waals surface area (Å²) in [6.45, 7) is 1.30. The highest BCUT2D eigenvalue weighted by molar-refractivity contribution is 5.96. The maximum Gasteiger partial charge on any atom is 0.255 e. The van der Waals surface area contributed by atoms with Crippen LogP contribution in [0.15, 0.2) is 48.9 Å². The summed E-state index contributed by atoms with van der Waals surface area (Å²) < 4.78 is 8.17. The third-order valence-corrected chi connectivity index (χ3v) is 5.86. The second-order valence-electron chi connectivity index (χ2n) is 7.75. The highest BCUT2D eigenvalue weighted by Crippen LogP contribution is 2.31. The Morgan fingerprint density at radius 1 is 1.07 bits per heavy atom. The Bertz CT molecular complexity index is 979. The first kappa shape index (κ1) is 17.2. The molecule has 6 nitrogen and oxygen atoms in total. The van der Waals surface area contributed by atoms with Crippen LogP contribution in [0.3, 0.4) is 0 Å². The Labute approximate surface area is 164 Å². The van der Waals surface area contributed by atoms with E-state index >= 15 is 0 Å². The topological polar surface area (TPSA) is 60.2 Å². The summed E-state index contributed by atoms with van der Waals surface area (Å²) in [5, 5.41) is 0. The van der Waals surface area contributed by atoms with E-state index in [2.05, 4.69) is 14.5 Å². The van der Waals surface area contributed by atoms with Crippen LogP contribution in [0.2, 0.25) is 0 Å². The van der Waals surface area contributed by atoms with Crippen molar-refractivity contribution in [1.29, 1.82) is 0 Å². The first-order valence-corrected chi connectivity index (χ1v) is 10.1. The zero-order chi connectivity index (χ0) is 18.9. The van der Waals surface area contributed by atoms with Crippen LogP contribution in [0.5, 0.6) is 5.75 Å². The molecular formula is C22H24N4O2. The molecule has 0 bridgehead atoms. The summed E-state index contributed by atoms with van der Waals surface area (Å²) in [7, 11) is 0. The quantitative estimate of drug-likeness (QED) is 0.694. The van der Waals surface area contributed by atoms with E-state index in [4.69, 9.17) is 4.74 Å². The molecule has 3 heterocycles. The SMILES string of the molecule is O=C(c1cnc2c(c1)ncn2C1CCCC1)N1CC[C@@H](Oc2ccccc2)C1. The molecule has 6 heteroatoms. The predicted octanol–water partition coefficient (Wildman–Crippen LogP) is 3.84. The van der Waals surface area contributed by atoms with E-state index in [1.165, 1.54) is 25.7 Å². The molecule has 144 valence electrons. The number of pyridine rings is 1. The van der Waals surface area contributed by atoms with Gasteiger partial charge in [-0.25, -0.2) is 9.97 Å². The van der Waals surface area contributed by atoms with Crippen LogP contribution >= 0.6 is 0 Å². The fraction of sp³-hybridized carbons (Fsp3) is 0.409. The van der Waals surface area contributed by atoms with Gasteiger partial charge in [0.1, 0.15) is 17.4 Å². The maximum absolute atomic E-state index is 12.9. The van der Waals surface area contributed by atoms with Crippen molar-refractivity contribution in [3.05, 3.63) is 54.5 Å². The van der Waals surface area contributed by atoms with E-state index in [1.54, 1.807) is 6.20 Å². The number of carbonyl (C=O) groups excluding carboxylic acids is 1. The summed E-state index contributed by atoms with van der Waals surface area (Å²) >= 11 is 0. The minimum absolute atomic E-state index is 0.00368. The number of nitrogens with zero attached hydrogens (tertiary/aromatic N) is 4. The lowest BCUT2D eigenvalue weighted by molar-refractivity contribution is 0.0772. The number of likely N-dealkylation sites (tertiary alicyclic amines) is 1. The highest BCUT2D eigenvalue weighted by Gasteiger charge is 2.29. The zero-order valence-electron chi connectivity index (χ0n) is 15.8.